The van der Waals surface area contributed by atoms with Gasteiger partial charge in [-0.1, -0.05) is 0 Å². The summed E-state index contributed by atoms with van der Waals surface area (Å²) in [5.74, 6) is 0.730. The Hall–Kier alpha value is -2.51. The fourth-order valence-electron chi connectivity index (χ4n) is 1.97. The van der Waals surface area contributed by atoms with Crippen molar-refractivity contribution in [3.8, 4) is 0 Å². The van der Waals surface area contributed by atoms with E-state index in [1.807, 2.05) is 36.1 Å². The van der Waals surface area contributed by atoms with Gasteiger partial charge < -0.3 is 5.32 Å². The number of fused-ring (bicyclic) bond motifs is 1. The lowest BCUT2D eigenvalue weighted by Crippen LogP contribution is -2.27. The second kappa shape index (κ2) is 4.87. The van der Waals surface area contributed by atoms with Gasteiger partial charge in [0.25, 0.3) is 0 Å². The molecule has 2 atom stereocenters. The second-order valence-electron chi connectivity index (χ2n) is 4.92. The van der Waals surface area contributed by atoms with E-state index in [9.17, 15) is 0 Å². The summed E-state index contributed by atoms with van der Waals surface area (Å²) in [4.78, 5) is 0. The zero-order valence-corrected chi connectivity index (χ0v) is 11.6. The number of aromatic nitrogens is 7. The lowest BCUT2D eigenvalue weighted by Gasteiger charge is -2.22. The summed E-state index contributed by atoms with van der Waals surface area (Å²) in [6, 6.07) is 4.06. The van der Waals surface area contributed by atoms with Crippen molar-refractivity contribution in [2.24, 2.45) is 0 Å². The SMILES string of the molecule is Cc1cnn([C@@H](C)[C@@H](C)Nc2ccc3nnnn3n2)c1. The number of anilines is 1. The van der Waals surface area contributed by atoms with E-state index in [1.54, 1.807) is 0 Å². The highest BCUT2D eigenvalue weighted by Crippen LogP contribution is 2.15. The number of nitrogens with one attached hydrogen (secondary N) is 1. The van der Waals surface area contributed by atoms with E-state index in [-0.39, 0.29) is 12.1 Å². The molecular formula is C12H16N8. The first kappa shape index (κ1) is 12.5. The van der Waals surface area contributed by atoms with Crippen molar-refractivity contribution < 1.29 is 0 Å². The maximum atomic E-state index is 4.34. The fraction of sp³-hybridized carbons (Fsp3) is 0.417. The molecule has 0 bridgehead atoms. The number of hydrogen-bond acceptors (Lipinski definition) is 6. The highest BCUT2D eigenvalue weighted by Gasteiger charge is 2.15. The molecular weight excluding hydrogens is 256 g/mol. The third-order valence-corrected chi connectivity index (χ3v) is 3.32. The number of nitrogens with zero attached hydrogens (tertiary/aromatic N) is 7. The molecule has 3 heterocycles. The maximum Gasteiger partial charge on any atom is 0.200 e. The highest BCUT2D eigenvalue weighted by molar-refractivity contribution is 5.42. The first-order valence-electron chi connectivity index (χ1n) is 6.46. The Morgan fingerprint density at radius 3 is 2.85 bits per heavy atom. The largest absolute Gasteiger partial charge is 0.364 e. The van der Waals surface area contributed by atoms with Crippen molar-refractivity contribution >= 4 is 11.5 Å². The molecule has 3 aromatic rings. The van der Waals surface area contributed by atoms with Gasteiger partial charge in [0.15, 0.2) is 5.65 Å². The van der Waals surface area contributed by atoms with Crippen molar-refractivity contribution in [1.82, 2.24) is 35.0 Å². The lowest BCUT2D eigenvalue weighted by molar-refractivity contribution is 0.442. The first-order chi connectivity index (χ1) is 9.63. The van der Waals surface area contributed by atoms with E-state index in [0.29, 0.717) is 5.65 Å². The van der Waals surface area contributed by atoms with Gasteiger partial charge >= 0.3 is 0 Å². The molecule has 3 rings (SSSR count). The molecule has 0 unspecified atom stereocenters. The van der Waals surface area contributed by atoms with Crippen LogP contribution in [-0.2, 0) is 0 Å². The van der Waals surface area contributed by atoms with Crippen molar-refractivity contribution in [3.63, 3.8) is 0 Å². The number of tetrazole rings is 1. The summed E-state index contributed by atoms with van der Waals surface area (Å²) in [5.41, 5.74) is 1.77. The summed E-state index contributed by atoms with van der Waals surface area (Å²) in [7, 11) is 0. The summed E-state index contributed by atoms with van der Waals surface area (Å²) in [5, 5.41) is 23.1. The normalized spacial score (nSPS) is 14.3. The van der Waals surface area contributed by atoms with Gasteiger partial charge in [-0.2, -0.15) is 5.10 Å². The van der Waals surface area contributed by atoms with Crippen molar-refractivity contribution in [1.29, 1.82) is 0 Å². The molecule has 0 aromatic carbocycles. The van der Waals surface area contributed by atoms with E-state index < -0.39 is 0 Å². The summed E-state index contributed by atoms with van der Waals surface area (Å²) in [6.07, 6.45) is 3.88. The average molecular weight is 272 g/mol. The Labute approximate surface area is 115 Å². The van der Waals surface area contributed by atoms with E-state index >= 15 is 0 Å². The van der Waals surface area contributed by atoms with Gasteiger partial charge in [0.05, 0.1) is 12.2 Å². The van der Waals surface area contributed by atoms with Crippen molar-refractivity contribution in [3.05, 3.63) is 30.1 Å². The van der Waals surface area contributed by atoms with Crippen LogP contribution in [-0.4, -0.2) is 41.1 Å². The van der Waals surface area contributed by atoms with Crippen LogP contribution in [0.5, 0.6) is 0 Å². The number of aryl methyl sites for hydroxylation is 1. The van der Waals surface area contributed by atoms with Crippen LogP contribution < -0.4 is 5.32 Å². The molecule has 0 radical (unpaired) electrons. The van der Waals surface area contributed by atoms with Crippen LogP contribution in [0.1, 0.15) is 25.5 Å². The van der Waals surface area contributed by atoms with Gasteiger partial charge in [-0.15, -0.1) is 14.8 Å². The standard InChI is InChI=1S/C12H16N8/c1-8-6-13-19(7-8)10(3)9(2)14-11-4-5-12-15-17-18-20(12)16-11/h4-7,9-10H,1-3H3,(H,14,16)/t9-,10+/m1/s1. The minimum absolute atomic E-state index is 0.163. The van der Waals surface area contributed by atoms with Crippen LogP contribution in [0.25, 0.3) is 5.65 Å². The molecule has 8 heteroatoms. The van der Waals surface area contributed by atoms with E-state index in [2.05, 4.69) is 44.9 Å². The van der Waals surface area contributed by atoms with E-state index in [0.717, 1.165) is 11.4 Å². The first-order valence-corrected chi connectivity index (χ1v) is 6.46. The summed E-state index contributed by atoms with van der Waals surface area (Å²) >= 11 is 0. The summed E-state index contributed by atoms with van der Waals surface area (Å²) < 4.78 is 3.35. The zero-order valence-electron chi connectivity index (χ0n) is 11.6. The molecule has 0 saturated heterocycles. The second-order valence-corrected chi connectivity index (χ2v) is 4.92. The van der Waals surface area contributed by atoms with Gasteiger partial charge in [0, 0.05) is 12.2 Å². The zero-order chi connectivity index (χ0) is 14.1. The van der Waals surface area contributed by atoms with Crippen molar-refractivity contribution in [2.75, 3.05) is 5.32 Å². The van der Waals surface area contributed by atoms with Crippen LogP contribution in [0, 0.1) is 6.92 Å². The Balaban J connectivity index is 1.75. The molecule has 0 aliphatic carbocycles. The molecule has 3 aromatic heterocycles. The number of hydrogen-bond donors (Lipinski definition) is 1. The maximum absolute atomic E-state index is 4.34. The molecule has 8 nitrogen and oxygen atoms in total. The van der Waals surface area contributed by atoms with Crippen LogP contribution >= 0.6 is 0 Å². The van der Waals surface area contributed by atoms with Crippen LogP contribution in [0.2, 0.25) is 0 Å². The molecule has 0 saturated carbocycles. The van der Waals surface area contributed by atoms with Gasteiger partial charge in [-0.3, -0.25) is 4.68 Å². The number of rotatable bonds is 4. The fourth-order valence-corrected chi connectivity index (χ4v) is 1.97. The van der Waals surface area contributed by atoms with Crippen LogP contribution in [0.4, 0.5) is 5.82 Å². The molecule has 0 aliphatic rings. The predicted molar refractivity (Wildman–Crippen MR) is 73.3 cm³/mol. The summed E-state index contributed by atoms with van der Waals surface area (Å²) in [6.45, 7) is 6.23. The Kier molecular flexibility index (Phi) is 3.05. The molecule has 1 N–H and O–H groups in total. The van der Waals surface area contributed by atoms with Gasteiger partial charge in [-0.25, -0.2) is 0 Å². The Morgan fingerprint density at radius 2 is 2.10 bits per heavy atom. The quantitative estimate of drug-likeness (QED) is 0.765. The third-order valence-electron chi connectivity index (χ3n) is 3.32. The van der Waals surface area contributed by atoms with Crippen LogP contribution in [0.3, 0.4) is 0 Å². The molecule has 104 valence electrons. The van der Waals surface area contributed by atoms with E-state index in [4.69, 9.17) is 0 Å². The Morgan fingerprint density at radius 1 is 1.25 bits per heavy atom. The minimum Gasteiger partial charge on any atom is -0.364 e. The molecule has 0 fully saturated rings. The molecule has 0 aliphatic heterocycles. The molecule has 0 amide bonds. The molecule has 20 heavy (non-hydrogen) atoms. The minimum atomic E-state index is 0.163. The van der Waals surface area contributed by atoms with Gasteiger partial charge in [0.2, 0.25) is 0 Å². The lowest BCUT2D eigenvalue weighted by atomic mass is 10.2. The van der Waals surface area contributed by atoms with Gasteiger partial charge in [0.1, 0.15) is 5.82 Å². The van der Waals surface area contributed by atoms with Crippen molar-refractivity contribution in [2.45, 2.75) is 32.9 Å². The molecule has 0 spiro atoms. The van der Waals surface area contributed by atoms with Crippen LogP contribution in [0.15, 0.2) is 24.5 Å². The smallest absolute Gasteiger partial charge is 0.200 e. The third kappa shape index (κ3) is 2.31. The highest BCUT2D eigenvalue weighted by atomic mass is 15.6. The average Bonchev–Trinajstić information content (AvgIpc) is 3.05. The Bertz CT molecular complexity index is 715. The van der Waals surface area contributed by atoms with Gasteiger partial charge in [-0.05, 0) is 48.9 Å². The van der Waals surface area contributed by atoms with E-state index in [1.165, 1.54) is 4.63 Å². The monoisotopic (exact) mass is 272 g/mol. The predicted octanol–water partition coefficient (Wildman–Crippen LogP) is 1.09. The topological polar surface area (TPSA) is 85.8 Å².